The van der Waals surface area contributed by atoms with Crippen molar-refractivity contribution in [3.63, 3.8) is 0 Å². The summed E-state index contributed by atoms with van der Waals surface area (Å²) in [6, 6.07) is 13.6. The van der Waals surface area contributed by atoms with E-state index in [1.54, 1.807) is 16.9 Å². The van der Waals surface area contributed by atoms with Crippen LogP contribution in [0.3, 0.4) is 0 Å². The van der Waals surface area contributed by atoms with Gasteiger partial charge in [0.2, 0.25) is 17.7 Å². The van der Waals surface area contributed by atoms with Crippen molar-refractivity contribution in [1.29, 1.82) is 0 Å². The van der Waals surface area contributed by atoms with E-state index in [1.807, 2.05) is 47.8 Å². The number of ether oxygens (including phenoxy) is 1. The molecule has 1 aliphatic rings. The third kappa shape index (κ3) is 5.18. The first-order valence-electron chi connectivity index (χ1n) is 10.1. The quantitative estimate of drug-likeness (QED) is 0.508. The Hall–Kier alpha value is -3.04. The number of likely N-dealkylation sites (tertiary alicyclic amines) is 1. The molecule has 0 aliphatic carbocycles. The van der Waals surface area contributed by atoms with Crippen molar-refractivity contribution in [3.05, 3.63) is 59.3 Å². The van der Waals surface area contributed by atoms with Gasteiger partial charge in [0, 0.05) is 33.2 Å². The highest BCUT2D eigenvalue weighted by atomic mass is 32.1. The van der Waals surface area contributed by atoms with Crippen LogP contribution in [0.4, 0.5) is 0 Å². The Morgan fingerprint density at radius 3 is 2.84 bits per heavy atom. The number of thiophene rings is 1. The summed E-state index contributed by atoms with van der Waals surface area (Å²) in [6.07, 6.45) is 0.208. The fraction of sp³-hybridized carbons (Fsp3) is 0.364. The topological polar surface area (TPSA) is 88.8 Å². The van der Waals surface area contributed by atoms with Crippen molar-refractivity contribution in [2.45, 2.75) is 19.5 Å². The molecule has 1 fully saturated rings. The molecule has 1 aromatic carbocycles. The van der Waals surface area contributed by atoms with Gasteiger partial charge >= 0.3 is 0 Å². The van der Waals surface area contributed by atoms with Gasteiger partial charge in [-0.2, -0.15) is 0 Å². The van der Waals surface area contributed by atoms with Crippen molar-refractivity contribution < 1.29 is 18.7 Å². The van der Waals surface area contributed by atoms with E-state index < -0.39 is 5.92 Å². The molecule has 0 N–H and O–H groups in total. The molecule has 1 saturated heterocycles. The second-order valence-electron chi connectivity index (χ2n) is 7.39. The van der Waals surface area contributed by atoms with Gasteiger partial charge in [-0.05, 0) is 17.0 Å². The highest BCUT2D eigenvalue weighted by Crippen LogP contribution is 2.25. The summed E-state index contributed by atoms with van der Waals surface area (Å²) < 4.78 is 10.9. The fourth-order valence-corrected chi connectivity index (χ4v) is 4.25. The lowest BCUT2D eigenvalue weighted by molar-refractivity contribution is -0.137. The molecule has 2 aromatic heterocycles. The summed E-state index contributed by atoms with van der Waals surface area (Å²) in [5, 5.41) is 10.1. The van der Waals surface area contributed by atoms with Gasteiger partial charge in [-0.1, -0.05) is 36.4 Å². The first-order chi connectivity index (χ1) is 15.1. The average molecular weight is 441 g/mol. The van der Waals surface area contributed by atoms with Crippen molar-refractivity contribution in [1.82, 2.24) is 20.0 Å². The summed E-state index contributed by atoms with van der Waals surface area (Å²) in [4.78, 5) is 30.0. The Labute approximate surface area is 184 Å². The molecule has 0 radical (unpaired) electrons. The minimum absolute atomic E-state index is 0.00772. The van der Waals surface area contributed by atoms with Crippen LogP contribution in [0, 0.1) is 5.92 Å². The molecule has 9 heteroatoms. The van der Waals surface area contributed by atoms with Crippen LogP contribution in [-0.4, -0.2) is 58.6 Å². The van der Waals surface area contributed by atoms with E-state index in [9.17, 15) is 9.59 Å². The van der Waals surface area contributed by atoms with Gasteiger partial charge in [-0.3, -0.25) is 9.59 Å². The lowest BCUT2D eigenvalue weighted by atomic mass is 10.1. The number of hydrogen-bond donors (Lipinski definition) is 0. The van der Waals surface area contributed by atoms with Crippen LogP contribution >= 0.6 is 11.3 Å². The third-order valence-electron chi connectivity index (χ3n) is 5.18. The largest absolute Gasteiger partial charge is 0.418 e. The molecule has 3 heterocycles. The lowest BCUT2D eigenvalue weighted by Gasteiger charge is -2.24. The van der Waals surface area contributed by atoms with Gasteiger partial charge in [0.05, 0.1) is 23.9 Å². The molecule has 1 aliphatic heterocycles. The maximum atomic E-state index is 13.2. The average Bonchev–Trinajstić information content (AvgIpc) is 3.53. The van der Waals surface area contributed by atoms with Crippen LogP contribution < -0.4 is 0 Å². The zero-order valence-corrected chi connectivity index (χ0v) is 18.1. The number of amides is 2. The Balaban J connectivity index is 1.42. The van der Waals surface area contributed by atoms with Gasteiger partial charge in [0.25, 0.3) is 5.89 Å². The summed E-state index contributed by atoms with van der Waals surface area (Å²) in [7, 11) is 1.59. The number of rotatable bonds is 9. The SMILES string of the molecule is COCCN(Cc1nnc(-c2cccs2)o1)C(=O)[C@H]1CC(=O)N(Cc2ccccc2)C1. The van der Waals surface area contributed by atoms with Gasteiger partial charge < -0.3 is 19.0 Å². The van der Waals surface area contributed by atoms with Crippen LogP contribution in [0.25, 0.3) is 10.8 Å². The molecule has 3 aromatic rings. The molecular formula is C22H24N4O4S. The second kappa shape index (κ2) is 9.84. The van der Waals surface area contributed by atoms with E-state index in [1.165, 1.54) is 11.3 Å². The van der Waals surface area contributed by atoms with Crippen LogP contribution in [0.1, 0.15) is 17.9 Å². The maximum Gasteiger partial charge on any atom is 0.257 e. The summed E-state index contributed by atoms with van der Waals surface area (Å²) in [6.45, 7) is 1.86. The molecule has 0 unspecified atom stereocenters. The molecule has 0 bridgehead atoms. The predicted octanol–water partition coefficient (Wildman–Crippen LogP) is 2.82. The summed E-state index contributed by atoms with van der Waals surface area (Å²) in [5.41, 5.74) is 1.05. The highest BCUT2D eigenvalue weighted by molar-refractivity contribution is 7.13. The first kappa shape index (κ1) is 21.2. The van der Waals surface area contributed by atoms with Crippen molar-refractivity contribution in [2.24, 2.45) is 5.92 Å². The molecule has 0 saturated carbocycles. The first-order valence-corrected chi connectivity index (χ1v) is 11.0. The molecule has 0 spiro atoms. The molecule has 8 nitrogen and oxygen atoms in total. The van der Waals surface area contributed by atoms with E-state index in [-0.39, 0.29) is 24.8 Å². The number of carbonyl (C=O) groups excluding carboxylic acids is 2. The molecule has 1 atom stereocenters. The normalized spacial score (nSPS) is 16.1. The van der Waals surface area contributed by atoms with Gasteiger partial charge in [0.1, 0.15) is 0 Å². The highest BCUT2D eigenvalue weighted by Gasteiger charge is 2.36. The molecule has 2 amide bonds. The third-order valence-corrected chi connectivity index (χ3v) is 6.04. The second-order valence-corrected chi connectivity index (χ2v) is 8.34. The monoisotopic (exact) mass is 440 g/mol. The van der Waals surface area contributed by atoms with Crippen molar-refractivity contribution in [3.8, 4) is 10.8 Å². The van der Waals surface area contributed by atoms with Gasteiger partial charge in [-0.25, -0.2) is 0 Å². The zero-order chi connectivity index (χ0) is 21.6. The molecule has 4 rings (SSSR count). The zero-order valence-electron chi connectivity index (χ0n) is 17.3. The Morgan fingerprint density at radius 1 is 1.26 bits per heavy atom. The minimum Gasteiger partial charge on any atom is -0.418 e. The fourth-order valence-electron chi connectivity index (χ4n) is 3.60. The number of methoxy groups -OCH3 is 1. The van der Waals surface area contributed by atoms with Crippen molar-refractivity contribution in [2.75, 3.05) is 26.8 Å². The Bertz CT molecular complexity index is 1010. The van der Waals surface area contributed by atoms with E-state index in [0.717, 1.165) is 10.4 Å². The van der Waals surface area contributed by atoms with Gasteiger partial charge in [0.15, 0.2) is 0 Å². The number of hydrogen-bond acceptors (Lipinski definition) is 7. The Kier molecular flexibility index (Phi) is 6.73. The smallest absolute Gasteiger partial charge is 0.257 e. The minimum atomic E-state index is -0.396. The summed E-state index contributed by atoms with van der Waals surface area (Å²) >= 11 is 1.51. The maximum absolute atomic E-state index is 13.2. The van der Waals surface area contributed by atoms with Crippen molar-refractivity contribution >= 4 is 23.2 Å². The number of aromatic nitrogens is 2. The van der Waals surface area contributed by atoms with Gasteiger partial charge in [-0.15, -0.1) is 21.5 Å². The van der Waals surface area contributed by atoms with Crippen LogP contribution in [0.5, 0.6) is 0 Å². The number of nitrogens with zero attached hydrogens (tertiary/aromatic N) is 4. The van der Waals surface area contributed by atoms with E-state index >= 15 is 0 Å². The van der Waals surface area contributed by atoms with E-state index in [4.69, 9.17) is 9.15 Å². The standard InChI is InChI=1S/C22H24N4O4S/c1-29-10-9-25(15-19-23-24-21(30-19)18-8-5-11-31-18)22(28)17-12-20(27)26(14-17)13-16-6-3-2-4-7-16/h2-8,11,17H,9-10,12-15H2,1H3/t17-/m0/s1. The Morgan fingerprint density at radius 2 is 2.10 bits per heavy atom. The summed E-state index contributed by atoms with van der Waals surface area (Å²) in [5.74, 6) is 0.295. The van der Waals surface area contributed by atoms with E-state index in [0.29, 0.717) is 38.0 Å². The van der Waals surface area contributed by atoms with Crippen LogP contribution in [-0.2, 0) is 27.4 Å². The van der Waals surface area contributed by atoms with E-state index in [2.05, 4.69) is 10.2 Å². The molecular weight excluding hydrogens is 416 g/mol. The van der Waals surface area contributed by atoms with Crippen LogP contribution in [0.15, 0.2) is 52.3 Å². The molecule has 162 valence electrons. The molecule has 31 heavy (non-hydrogen) atoms. The lowest BCUT2D eigenvalue weighted by Crippen LogP contribution is -2.39. The number of benzene rings is 1. The van der Waals surface area contributed by atoms with Crippen LogP contribution in [0.2, 0.25) is 0 Å². The predicted molar refractivity (Wildman–Crippen MR) is 115 cm³/mol. The number of carbonyl (C=O) groups is 2.